The van der Waals surface area contributed by atoms with E-state index in [1.807, 2.05) is 50.2 Å². The standard InChI is InChI=1S/C22H21F3N4O/c1-13-11-15(7-8-16(13)21-14(2)26-12-30-21)27-17-5-4-6-18-20(17)28-19(29(18)3)9-10-22(23,24)25/h4-8,11-12,27H,9-10H2,1-3H3. The Morgan fingerprint density at radius 2 is 1.93 bits per heavy atom. The number of hydrogen-bond donors (Lipinski definition) is 1. The van der Waals surface area contributed by atoms with E-state index in [1.54, 1.807) is 11.6 Å². The number of nitrogens with zero attached hydrogens (tertiary/aromatic N) is 3. The van der Waals surface area contributed by atoms with Gasteiger partial charge in [-0.05, 0) is 49.7 Å². The molecule has 0 spiro atoms. The molecule has 0 bridgehead atoms. The highest BCUT2D eigenvalue weighted by molar-refractivity contribution is 5.91. The molecule has 0 aliphatic heterocycles. The van der Waals surface area contributed by atoms with Gasteiger partial charge in [0.15, 0.2) is 12.2 Å². The second-order valence-electron chi connectivity index (χ2n) is 7.30. The number of aromatic nitrogens is 3. The minimum Gasteiger partial charge on any atom is -0.443 e. The van der Waals surface area contributed by atoms with Crippen LogP contribution in [0.15, 0.2) is 47.2 Å². The smallest absolute Gasteiger partial charge is 0.389 e. The van der Waals surface area contributed by atoms with Gasteiger partial charge in [-0.15, -0.1) is 0 Å². The minimum atomic E-state index is -4.21. The average Bonchev–Trinajstić information content (AvgIpc) is 3.24. The van der Waals surface area contributed by atoms with Crippen LogP contribution in [0.3, 0.4) is 0 Å². The second-order valence-corrected chi connectivity index (χ2v) is 7.30. The number of nitrogens with one attached hydrogen (secondary N) is 1. The predicted molar refractivity (Wildman–Crippen MR) is 110 cm³/mol. The van der Waals surface area contributed by atoms with Crippen LogP contribution in [0.2, 0.25) is 0 Å². The van der Waals surface area contributed by atoms with Gasteiger partial charge in [0.05, 0.1) is 23.3 Å². The molecule has 0 aliphatic carbocycles. The van der Waals surface area contributed by atoms with E-state index < -0.39 is 12.6 Å². The van der Waals surface area contributed by atoms with Gasteiger partial charge in [-0.1, -0.05) is 6.07 Å². The molecule has 0 amide bonds. The van der Waals surface area contributed by atoms with Gasteiger partial charge in [-0.2, -0.15) is 13.2 Å². The van der Waals surface area contributed by atoms with Crippen LogP contribution in [0, 0.1) is 13.8 Å². The van der Waals surface area contributed by atoms with Crippen molar-refractivity contribution < 1.29 is 17.6 Å². The van der Waals surface area contributed by atoms with Gasteiger partial charge in [0, 0.05) is 24.7 Å². The lowest BCUT2D eigenvalue weighted by atomic mass is 10.0. The van der Waals surface area contributed by atoms with E-state index in [1.165, 1.54) is 6.39 Å². The first-order valence-corrected chi connectivity index (χ1v) is 9.52. The Kier molecular flexibility index (Phi) is 5.01. The third-order valence-corrected chi connectivity index (χ3v) is 5.13. The van der Waals surface area contributed by atoms with E-state index in [9.17, 15) is 13.2 Å². The summed E-state index contributed by atoms with van der Waals surface area (Å²) in [7, 11) is 1.74. The summed E-state index contributed by atoms with van der Waals surface area (Å²) in [5.41, 5.74) is 5.81. The van der Waals surface area contributed by atoms with Crippen molar-refractivity contribution in [3.05, 3.63) is 59.9 Å². The van der Waals surface area contributed by atoms with Gasteiger partial charge >= 0.3 is 6.18 Å². The van der Waals surface area contributed by atoms with Gasteiger partial charge in [0.1, 0.15) is 11.3 Å². The molecule has 8 heteroatoms. The number of imidazole rings is 1. The summed E-state index contributed by atoms with van der Waals surface area (Å²) in [6.45, 7) is 3.88. The van der Waals surface area contributed by atoms with Gasteiger partial charge in [0.2, 0.25) is 0 Å². The topological polar surface area (TPSA) is 55.9 Å². The fourth-order valence-electron chi connectivity index (χ4n) is 3.55. The molecule has 1 N–H and O–H groups in total. The molecule has 0 fully saturated rings. The molecule has 5 nitrogen and oxygen atoms in total. The molecule has 0 saturated heterocycles. The zero-order chi connectivity index (χ0) is 21.5. The third kappa shape index (κ3) is 3.90. The number of para-hydroxylation sites is 1. The quantitative estimate of drug-likeness (QED) is 0.430. The van der Waals surface area contributed by atoms with Crippen molar-refractivity contribution in [3.63, 3.8) is 0 Å². The van der Waals surface area contributed by atoms with Crippen LogP contribution in [0.1, 0.15) is 23.5 Å². The molecule has 0 aliphatic rings. The molecule has 0 saturated carbocycles. The number of rotatable bonds is 5. The van der Waals surface area contributed by atoms with Crippen LogP contribution in [0.5, 0.6) is 0 Å². The third-order valence-electron chi connectivity index (χ3n) is 5.13. The lowest BCUT2D eigenvalue weighted by Gasteiger charge is -2.10. The molecule has 0 unspecified atom stereocenters. The maximum Gasteiger partial charge on any atom is 0.389 e. The highest BCUT2D eigenvalue weighted by atomic mass is 19.4. The highest BCUT2D eigenvalue weighted by Gasteiger charge is 2.27. The summed E-state index contributed by atoms with van der Waals surface area (Å²) in [5.74, 6) is 1.14. The molecule has 0 atom stereocenters. The van der Waals surface area contributed by atoms with Crippen LogP contribution in [-0.4, -0.2) is 20.7 Å². The Labute approximate surface area is 171 Å². The molecule has 156 valence electrons. The van der Waals surface area contributed by atoms with E-state index in [4.69, 9.17) is 4.42 Å². The second kappa shape index (κ2) is 7.51. The Balaban J connectivity index is 1.64. The van der Waals surface area contributed by atoms with Gasteiger partial charge in [-0.3, -0.25) is 0 Å². The lowest BCUT2D eigenvalue weighted by molar-refractivity contribution is -0.134. The largest absolute Gasteiger partial charge is 0.443 e. The summed E-state index contributed by atoms with van der Waals surface area (Å²) in [6.07, 6.45) is -3.83. The predicted octanol–water partition coefficient (Wildman–Crippen LogP) is 6.08. The van der Waals surface area contributed by atoms with Crippen molar-refractivity contribution in [2.24, 2.45) is 7.05 Å². The van der Waals surface area contributed by atoms with E-state index in [0.29, 0.717) is 11.3 Å². The van der Waals surface area contributed by atoms with Crippen molar-refractivity contribution in [1.29, 1.82) is 0 Å². The zero-order valence-electron chi connectivity index (χ0n) is 16.8. The minimum absolute atomic E-state index is 0.154. The number of oxazole rings is 1. The molecular weight excluding hydrogens is 393 g/mol. The first kappa shape index (κ1) is 20.0. The van der Waals surface area contributed by atoms with Crippen molar-refractivity contribution >= 4 is 22.4 Å². The molecule has 4 aromatic rings. The van der Waals surface area contributed by atoms with Gasteiger partial charge in [-0.25, -0.2) is 9.97 Å². The van der Waals surface area contributed by atoms with Gasteiger partial charge in [0.25, 0.3) is 0 Å². The summed E-state index contributed by atoms with van der Waals surface area (Å²) in [4.78, 5) is 8.62. The maximum absolute atomic E-state index is 12.6. The van der Waals surface area contributed by atoms with Crippen LogP contribution in [0.25, 0.3) is 22.4 Å². The van der Waals surface area contributed by atoms with Crippen LogP contribution in [0.4, 0.5) is 24.5 Å². The molecule has 0 radical (unpaired) electrons. The molecular formula is C22H21F3N4O. The Hall–Kier alpha value is -3.29. The summed E-state index contributed by atoms with van der Waals surface area (Å²) < 4.78 is 45.1. The highest BCUT2D eigenvalue weighted by Crippen LogP contribution is 2.32. The normalized spacial score (nSPS) is 11.9. The van der Waals surface area contributed by atoms with Crippen LogP contribution < -0.4 is 5.32 Å². The Morgan fingerprint density at radius 1 is 1.13 bits per heavy atom. The van der Waals surface area contributed by atoms with Gasteiger partial charge < -0.3 is 14.3 Å². The monoisotopic (exact) mass is 414 g/mol. The molecule has 30 heavy (non-hydrogen) atoms. The number of anilines is 2. The van der Waals surface area contributed by atoms with E-state index in [2.05, 4.69) is 15.3 Å². The van der Waals surface area contributed by atoms with Crippen LogP contribution in [-0.2, 0) is 13.5 Å². The number of benzene rings is 2. The Bertz CT molecular complexity index is 1210. The molecule has 2 heterocycles. The first-order chi connectivity index (χ1) is 14.2. The summed E-state index contributed by atoms with van der Waals surface area (Å²) >= 11 is 0. The van der Waals surface area contributed by atoms with Crippen molar-refractivity contribution in [2.45, 2.75) is 32.9 Å². The number of hydrogen-bond acceptors (Lipinski definition) is 4. The molecule has 2 aromatic heterocycles. The van der Waals surface area contributed by atoms with Crippen molar-refractivity contribution in [3.8, 4) is 11.3 Å². The molecule has 4 rings (SSSR count). The lowest BCUT2D eigenvalue weighted by Crippen LogP contribution is -2.10. The molecule has 2 aromatic carbocycles. The Morgan fingerprint density at radius 3 is 2.60 bits per heavy atom. The zero-order valence-corrected chi connectivity index (χ0v) is 16.8. The van der Waals surface area contributed by atoms with Crippen LogP contribution >= 0.6 is 0 Å². The fraction of sp³-hybridized carbons (Fsp3) is 0.273. The SMILES string of the molecule is Cc1cc(Nc2cccc3c2nc(CCC(F)(F)F)n3C)ccc1-c1ocnc1C. The summed E-state index contributed by atoms with van der Waals surface area (Å²) in [6, 6.07) is 11.5. The number of aryl methyl sites for hydroxylation is 4. The van der Waals surface area contributed by atoms with E-state index >= 15 is 0 Å². The summed E-state index contributed by atoms with van der Waals surface area (Å²) in [5, 5.41) is 3.34. The fourth-order valence-corrected chi connectivity index (χ4v) is 3.55. The van der Waals surface area contributed by atoms with Crippen molar-refractivity contribution in [2.75, 3.05) is 5.32 Å². The number of fused-ring (bicyclic) bond motifs is 1. The first-order valence-electron chi connectivity index (χ1n) is 9.52. The van der Waals surface area contributed by atoms with E-state index in [-0.39, 0.29) is 6.42 Å². The average molecular weight is 414 g/mol. The number of alkyl halides is 3. The van der Waals surface area contributed by atoms with E-state index in [0.717, 1.165) is 39.5 Å². The maximum atomic E-state index is 12.6. The van der Waals surface area contributed by atoms with Crippen molar-refractivity contribution in [1.82, 2.24) is 14.5 Å². The number of halogens is 3.